The molecule has 0 unspecified atom stereocenters. The van der Waals surface area contributed by atoms with Crippen LogP contribution in [0.3, 0.4) is 0 Å². The lowest BCUT2D eigenvalue weighted by atomic mass is 10.0. The number of carboxylic acids is 1. The molecule has 0 spiro atoms. The summed E-state index contributed by atoms with van der Waals surface area (Å²) in [7, 11) is 0. The Kier molecular flexibility index (Phi) is 7.04. The highest BCUT2D eigenvalue weighted by Gasteiger charge is 2.38. The van der Waals surface area contributed by atoms with E-state index in [-0.39, 0.29) is 28.3 Å². The number of rotatable bonds is 6. The number of benzene rings is 3. The largest absolute Gasteiger partial charge is 0.506 e. The van der Waals surface area contributed by atoms with E-state index in [4.69, 9.17) is 0 Å². The fourth-order valence-corrected chi connectivity index (χ4v) is 4.37. The number of carbonyl (C=O) groups is 2. The number of nitrogens with one attached hydrogen (secondary N) is 1. The number of phenols is 1. The van der Waals surface area contributed by atoms with Gasteiger partial charge in [0.25, 0.3) is 5.91 Å². The van der Waals surface area contributed by atoms with Gasteiger partial charge in [-0.1, -0.05) is 25.1 Å². The van der Waals surface area contributed by atoms with Gasteiger partial charge in [0.15, 0.2) is 0 Å². The predicted octanol–water partition coefficient (Wildman–Crippen LogP) is 7.04. The minimum atomic E-state index is -4.59. The lowest BCUT2D eigenvalue weighted by Crippen LogP contribution is -2.21. The highest BCUT2D eigenvalue weighted by atomic mass is 19.4. The Morgan fingerprint density at radius 2 is 1.71 bits per heavy atom. The number of amides is 1. The second-order valence-electron chi connectivity index (χ2n) is 9.02. The van der Waals surface area contributed by atoms with E-state index in [9.17, 15) is 33.0 Å². The first-order chi connectivity index (χ1) is 17.9. The fraction of sp³-hybridized carbons (Fsp3) is 0.172. The summed E-state index contributed by atoms with van der Waals surface area (Å²) < 4.78 is 40.5. The van der Waals surface area contributed by atoms with Crippen molar-refractivity contribution in [2.24, 2.45) is 0 Å². The third kappa shape index (κ3) is 5.27. The Morgan fingerprint density at radius 1 is 1.03 bits per heavy atom. The van der Waals surface area contributed by atoms with Gasteiger partial charge in [0.1, 0.15) is 5.75 Å². The van der Waals surface area contributed by atoms with Crippen LogP contribution in [-0.4, -0.2) is 22.1 Å². The summed E-state index contributed by atoms with van der Waals surface area (Å²) in [6, 6.07) is 13.0. The number of aromatic hydroxyl groups is 1. The average Bonchev–Trinajstić information content (AvgIpc) is 3.11. The number of nitrogens with zero attached hydrogens (tertiary/aromatic N) is 1. The molecule has 0 saturated carbocycles. The number of aliphatic carboxylic acids is 1. The van der Waals surface area contributed by atoms with Gasteiger partial charge in [-0.25, -0.2) is 4.79 Å². The Morgan fingerprint density at radius 3 is 2.29 bits per heavy atom. The maximum Gasteiger partial charge on any atom is 0.416 e. The topological polar surface area (TPSA) is 89.9 Å². The van der Waals surface area contributed by atoms with Crippen LogP contribution in [0, 0.1) is 13.8 Å². The number of carbonyl (C=O) groups excluding carboxylic acids is 1. The van der Waals surface area contributed by atoms with Crippen molar-refractivity contribution in [3.05, 3.63) is 94.2 Å². The van der Waals surface area contributed by atoms with Crippen LogP contribution in [0.5, 0.6) is 5.75 Å². The first kappa shape index (κ1) is 26.5. The molecule has 6 nitrogen and oxygen atoms in total. The summed E-state index contributed by atoms with van der Waals surface area (Å²) >= 11 is 0. The van der Waals surface area contributed by atoms with Crippen molar-refractivity contribution in [3.8, 4) is 5.75 Å². The highest BCUT2D eigenvalue weighted by Crippen LogP contribution is 2.45. The van der Waals surface area contributed by atoms with E-state index in [1.807, 2.05) is 19.9 Å². The molecule has 0 aliphatic carbocycles. The van der Waals surface area contributed by atoms with E-state index in [0.29, 0.717) is 23.2 Å². The standard InChI is InChI=1S/C29H25F3N2O4/c1-4-19(28(37)38)12-18-5-8-24(26(35)13-18)33-15-23-22-7-6-20(29(30,31)32)14-25(22)34(27(23)36)21-10-16(2)9-17(3)11-21/h5-15,33,35H,4H2,1-3H3,(H,37,38)/b19-12+,23-15-. The summed E-state index contributed by atoms with van der Waals surface area (Å²) in [5.41, 5.74) is 2.69. The van der Waals surface area contributed by atoms with E-state index >= 15 is 0 Å². The Bertz CT molecular complexity index is 1490. The molecule has 0 bridgehead atoms. The number of aryl methyl sites for hydroxylation is 2. The molecule has 196 valence electrons. The molecule has 3 N–H and O–H groups in total. The minimum absolute atomic E-state index is 0.105. The SMILES string of the molecule is CC/C(=C\c1ccc(N/C=C2\C(=O)N(c3cc(C)cc(C)c3)c3cc(C(F)(F)F)ccc32)c(O)c1)C(=O)O. The zero-order valence-corrected chi connectivity index (χ0v) is 20.8. The van der Waals surface area contributed by atoms with Crippen LogP contribution in [0.15, 0.2) is 66.4 Å². The van der Waals surface area contributed by atoms with Gasteiger partial charge in [-0.3, -0.25) is 9.69 Å². The fourth-order valence-electron chi connectivity index (χ4n) is 4.37. The average molecular weight is 523 g/mol. The van der Waals surface area contributed by atoms with E-state index in [0.717, 1.165) is 23.3 Å². The van der Waals surface area contributed by atoms with E-state index in [2.05, 4.69) is 5.32 Å². The van der Waals surface area contributed by atoms with E-state index < -0.39 is 23.6 Å². The van der Waals surface area contributed by atoms with E-state index in [1.165, 1.54) is 35.4 Å². The molecular weight excluding hydrogens is 497 g/mol. The monoisotopic (exact) mass is 522 g/mol. The quantitative estimate of drug-likeness (QED) is 0.239. The summed E-state index contributed by atoms with van der Waals surface area (Å²) in [6.45, 7) is 5.38. The number of hydrogen-bond acceptors (Lipinski definition) is 4. The summed E-state index contributed by atoms with van der Waals surface area (Å²) in [5, 5.41) is 22.6. The van der Waals surface area contributed by atoms with Crippen molar-refractivity contribution < 1.29 is 33.0 Å². The minimum Gasteiger partial charge on any atom is -0.506 e. The van der Waals surface area contributed by atoms with Crippen molar-refractivity contribution in [1.82, 2.24) is 0 Å². The molecule has 3 aromatic rings. The van der Waals surface area contributed by atoms with Crippen LogP contribution in [0.4, 0.5) is 30.2 Å². The first-order valence-electron chi connectivity index (χ1n) is 11.8. The molecule has 0 fully saturated rings. The number of hydrogen-bond donors (Lipinski definition) is 3. The van der Waals surface area contributed by atoms with Gasteiger partial charge < -0.3 is 15.5 Å². The van der Waals surface area contributed by atoms with Crippen molar-refractivity contribution in [2.45, 2.75) is 33.4 Å². The van der Waals surface area contributed by atoms with Gasteiger partial charge in [-0.2, -0.15) is 13.2 Å². The second kappa shape index (κ2) is 10.1. The molecular formula is C29H25F3N2O4. The Labute approximate surface area is 217 Å². The summed E-state index contributed by atoms with van der Waals surface area (Å²) in [4.78, 5) is 26.1. The molecule has 3 aromatic carbocycles. The summed E-state index contributed by atoms with van der Waals surface area (Å²) in [5.74, 6) is -1.77. The molecule has 1 heterocycles. The number of alkyl halides is 3. The van der Waals surface area contributed by atoms with Crippen LogP contribution < -0.4 is 10.2 Å². The molecule has 1 aliphatic rings. The van der Waals surface area contributed by atoms with Gasteiger partial charge in [-0.05, 0) is 79.4 Å². The molecule has 1 aliphatic heterocycles. The maximum atomic E-state index is 13.5. The molecule has 1 amide bonds. The van der Waals surface area contributed by atoms with Crippen molar-refractivity contribution in [2.75, 3.05) is 10.2 Å². The first-order valence-corrected chi connectivity index (χ1v) is 11.8. The normalized spacial score (nSPS) is 14.7. The zero-order valence-electron chi connectivity index (χ0n) is 20.8. The van der Waals surface area contributed by atoms with Crippen LogP contribution >= 0.6 is 0 Å². The molecule has 9 heteroatoms. The van der Waals surface area contributed by atoms with Gasteiger partial charge in [0.2, 0.25) is 0 Å². The summed E-state index contributed by atoms with van der Waals surface area (Å²) in [6.07, 6.45) is -1.49. The van der Waals surface area contributed by atoms with Gasteiger partial charge in [-0.15, -0.1) is 0 Å². The van der Waals surface area contributed by atoms with Gasteiger partial charge >= 0.3 is 12.1 Å². The van der Waals surface area contributed by atoms with Crippen LogP contribution in [-0.2, 0) is 15.8 Å². The number of phenolic OH excluding ortho intramolecular Hbond substituents is 1. The van der Waals surface area contributed by atoms with Crippen molar-refractivity contribution >= 4 is 40.6 Å². The Hall–Kier alpha value is -4.53. The highest BCUT2D eigenvalue weighted by molar-refractivity contribution is 6.35. The van der Waals surface area contributed by atoms with Crippen molar-refractivity contribution in [1.29, 1.82) is 0 Å². The zero-order chi connectivity index (χ0) is 27.8. The second-order valence-corrected chi connectivity index (χ2v) is 9.02. The van der Waals surface area contributed by atoms with Gasteiger partial charge in [0.05, 0.1) is 22.5 Å². The molecule has 0 saturated heterocycles. The van der Waals surface area contributed by atoms with Crippen LogP contribution in [0.1, 0.15) is 41.2 Å². The lowest BCUT2D eigenvalue weighted by molar-refractivity contribution is -0.137. The smallest absolute Gasteiger partial charge is 0.416 e. The molecule has 4 rings (SSSR count). The maximum absolute atomic E-state index is 13.5. The number of halogens is 3. The lowest BCUT2D eigenvalue weighted by Gasteiger charge is -2.19. The predicted molar refractivity (Wildman–Crippen MR) is 140 cm³/mol. The molecule has 0 atom stereocenters. The number of fused-ring (bicyclic) bond motifs is 1. The van der Waals surface area contributed by atoms with E-state index in [1.54, 1.807) is 25.1 Å². The third-order valence-electron chi connectivity index (χ3n) is 6.14. The van der Waals surface area contributed by atoms with Gasteiger partial charge in [0, 0.05) is 23.0 Å². The Balaban J connectivity index is 1.74. The molecule has 0 aromatic heterocycles. The molecule has 0 radical (unpaired) electrons. The van der Waals surface area contributed by atoms with Crippen molar-refractivity contribution in [3.63, 3.8) is 0 Å². The number of carboxylic acid groups (broad SMARTS) is 1. The third-order valence-corrected chi connectivity index (χ3v) is 6.14. The van der Waals surface area contributed by atoms with Crippen LogP contribution in [0.2, 0.25) is 0 Å². The number of anilines is 3. The molecule has 38 heavy (non-hydrogen) atoms. The van der Waals surface area contributed by atoms with Crippen LogP contribution in [0.25, 0.3) is 11.6 Å².